The van der Waals surface area contributed by atoms with Crippen molar-refractivity contribution >= 4 is 17.0 Å². The molecule has 0 atom stereocenters. The first-order valence-corrected chi connectivity index (χ1v) is 8.56. The van der Waals surface area contributed by atoms with Crippen LogP contribution >= 0.6 is 0 Å². The van der Waals surface area contributed by atoms with Crippen molar-refractivity contribution < 1.29 is 13.9 Å². The minimum Gasteiger partial charge on any atom is -0.463 e. The number of carbonyl (C=O) groups is 1. The third kappa shape index (κ3) is 3.88. The highest BCUT2D eigenvalue weighted by atomic mass is 16.5. The summed E-state index contributed by atoms with van der Waals surface area (Å²) in [5, 5.41) is 3.02. The molecule has 0 aliphatic carbocycles. The van der Waals surface area contributed by atoms with E-state index in [4.69, 9.17) is 9.15 Å². The zero-order valence-electron chi connectivity index (χ0n) is 14.2. The smallest absolute Gasteiger partial charge is 0.268 e. The first-order valence-electron chi connectivity index (χ1n) is 8.56. The quantitative estimate of drug-likeness (QED) is 0.624. The first kappa shape index (κ1) is 16.8. The maximum atomic E-state index is 12.5. The van der Waals surface area contributed by atoms with Crippen molar-refractivity contribution in [3.05, 3.63) is 36.2 Å². The zero-order chi connectivity index (χ0) is 16.8. The molecule has 130 valence electrons. The summed E-state index contributed by atoms with van der Waals surface area (Å²) in [4.78, 5) is 14.9. The van der Waals surface area contributed by atoms with Crippen molar-refractivity contribution in [3.8, 4) is 0 Å². The second kappa shape index (κ2) is 8.17. The molecule has 1 amide bonds. The average Bonchev–Trinajstić information content (AvgIpc) is 3.19. The van der Waals surface area contributed by atoms with Crippen LogP contribution in [0.3, 0.4) is 0 Å². The molecule has 6 heteroatoms. The number of ether oxygens (including phenoxy) is 1. The monoisotopic (exact) mass is 331 g/mol. The molecule has 0 bridgehead atoms. The maximum Gasteiger partial charge on any atom is 0.268 e. The third-order valence-electron chi connectivity index (χ3n) is 4.32. The number of fused-ring (bicyclic) bond motifs is 1. The topological polar surface area (TPSA) is 59.6 Å². The second-order valence-corrected chi connectivity index (χ2v) is 5.94. The van der Waals surface area contributed by atoms with E-state index >= 15 is 0 Å². The summed E-state index contributed by atoms with van der Waals surface area (Å²) < 4.78 is 12.8. The lowest BCUT2D eigenvalue weighted by atomic mass is 10.3. The average molecular weight is 331 g/mol. The van der Waals surface area contributed by atoms with Gasteiger partial charge in [0.05, 0.1) is 25.0 Å². The molecule has 24 heavy (non-hydrogen) atoms. The molecule has 0 radical (unpaired) electrons. The van der Waals surface area contributed by atoms with Crippen LogP contribution < -0.4 is 5.32 Å². The van der Waals surface area contributed by atoms with E-state index in [9.17, 15) is 4.79 Å². The molecule has 3 heterocycles. The van der Waals surface area contributed by atoms with E-state index < -0.39 is 0 Å². The van der Waals surface area contributed by atoms with Crippen molar-refractivity contribution in [3.63, 3.8) is 0 Å². The molecule has 1 aliphatic heterocycles. The fraction of sp³-hybridized carbons (Fsp3) is 0.500. The number of hydrogen-bond donors (Lipinski definition) is 1. The highest BCUT2D eigenvalue weighted by Gasteiger charge is 2.16. The van der Waals surface area contributed by atoms with Crippen LogP contribution in [0, 0.1) is 0 Å². The van der Waals surface area contributed by atoms with Crippen LogP contribution in [0.2, 0.25) is 0 Å². The van der Waals surface area contributed by atoms with Crippen LogP contribution in [-0.2, 0) is 11.3 Å². The summed E-state index contributed by atoms with van der Waals surface area (Å²) in [7, 11) is 0. The normalized spacial score (nSPS) is 16.2. The number of nitrogens with zero attached hydrogens (tertiary/aromatic N) is 2. The Morgan fingerprint density at radius 2 is 2.21 bits per heavy atom. The molecule has 2 aromatic heterocycles. The number of rotatable bonds is 7. The highest BCUT2D eigenvalue weighted by molar-refractivity contribution is 5.97. The Kier molecular flexibility index (Phi) is 5.72. The molecule has 1 fully saturated rings. The maximum absolute atomic E-state index is 12.5. The lowest BCUT2D eigenvalue weighted by Crippen LogP contribution is -2.38. The number of morpholine rings is 1. The van der Waals surface area contributed by atoms with Crippen molar-refractivity contribution in [2.45, 2.75) is 19.9 Å². The number of allylic oxidation sites excluding steroid dienone is 2. The van der Waals surface area contributed by atoms with Gasteiger partial charge in [0, 0.05) is 38.3 Å². The van der Waals surface area contributed by atoms with Gasteiger partial charge in [0.1, 0.15) is 5.69 Å². The number of aromatic nitrogens is 1. The molecule has 0 saturated carbocycles. The molecule has 1 N–H and O–H groups in total. The molecule has 2 aromatic rings. The van der Waals surface area contributed by atoms with Gasteiger partial charge in [0.15, 0.2) is 5.58 Å². The Labute approximate surface area is 142 Å². The summed E-state index contributed by atoms with van der Waals surface area (Å²) in [6, 6.07) is 3.71. The van der Waals surface area contributed by atoms with E-state index in [1.165, 1.54) is 0 Å². The van der Waals surface area contributed by atoms with Crippen molar-refractivity contribution in [1.29, 1.82) is 0 Å². The van der Waals surface area contributed by atoms with Crippen LogP contribution in [-0.4, -0.2) is 54.8 Å². The van der Waals surface area contributed by atoms with Gasteiger partial charge in [-0.25, -0.2) is 0 Å². The Hall–Kier alpha value is -2.05. The molecule has 0 unspecified atom stereocenters. The predicted molar refractivity (Wildman–Crippen MR) is 93.2 cm³/mol. The summed E-state index contributed by atoms with van der Waals surface area (Å²) in [5.74, 6) is -0.0483. The minimum atomic E-state index is -0.0483. The molecular weight excluding hydrogens is 306 g/mol. The molecule has 1 saturated heterocycles. The fourth-order valence-electron chi connectivity index (χ4n) is 2.99. The van der Waals surface area contributed by atoms with Crippen molar-refractivity contribution in [2.75, 3.05) is 39.4 Å². The minimum absolute atomic E-state index is 0.0483. The van der Waals surface area contributed by atoms with E-state index in [1.54, 1.807) is 6.26 Å². The fourth-order valence-corrected chi connectivity index (χ4v) is 2.99. The number of amides is 1. The van der Waals surface area contributed by atoms with Crippen LogP contribution in [0.25, 0.3) is 11.1 Å². The van der Waals surface area contributed by atoms with Gasteiger partial charge in [-0.05, 0) is 19.9 Å². The first-order chi connectivity index (χ1) is 11.8. The van der Waals surface area contributed by atoms with Crippen molar-refractivity contribution in [2.24, 2.45) is 0 Å². The standard InChI is InChI=1S/C18H25N3O3/c1-2-3-8-21-15-5-11-24-17(15)14-16(21)18(22)19-6-4-7-20-9-12-23-13-10-20/h2-3,5,11,14H,4,6-10,12-13H2,1H3,(H,19,22)/b3-2-. The Balaban J connectivity index is 1.56. The van der Waals surface area contributed by atoms with Gasteiger partial charge in [-0.15, -0.1) is 0 Å². The van der Waals surface area contributed by atoms with E-state index in [0.29, 0.717) is 18.8 Å². The predicted octanol–water partition coefficient (Wildman–Crippen LogP) is 2.26. The van der Waals surface area contributed by atoms with E-state index in [0.717, 1.165) is 50.4 Å². The van der Waals surface area contributed by atoms with Gasteiger partial charge in [0.2, 0.25) is 0 Å². The van der Waals surface area contributed by atoms with Gasteiger partial charge in [0.25, 0.3) is 5.91 Å². The number of nitrogens with one attached hydrogen (secondary N) is 1. The zero-order valence-corrected chi connectivity index (χ0v) is 14.2. The SMILES string of the molecule is C/C=C\Cn1c(C(=O)NCCCN2CCOCC2)cc2occc21. The molecule has 1 aliphatic rings. The lowest BCUT2D eigenvalue weighted by molar-refractivity contribution is 0.0374. The van der Waals surface area contributed by atoms with Crippen LogP contribution in [0.4, 0.5) is 0 Å². The van der Waals surface area contributed by atoms with Crippen LogP contribution in [0.1, 0.15) is 23.8 Å². The Morgan fingerprint density at radius 3 is 3.00 bits per heavy atom. The van der Waals surface area contributed by atoms with Gasteiger partial charge < -0.3 is 19.0 Å². The molecule has 0 spiro atoms. The molecule has 3 rings (SSSR count). The van der Waals surface area contributed by atoms with Gasteiger partial charge in [-0.1, -0.05) is 12.2 Å². The number of furan rings is 1. The number of carbonyl (C=O) groups excluding carboxylic acids is 1. The summed E-state index contributed by atoms with van der Waals surface area (Å²) >= 11 is 0. The van der Waals surface area contributed by atoms with Crippen molar-refractivity contribution in [1.82, 2.24) is 14.8 Å². The van der Waals surface area contributed by atoms with Crippen LogP contribution in [0.15, 0.2) is 35.0 Å². The largest absolute Gasteiger partial charge is 0.463 e. The van der Waals surface area contributed by atoms with E-state index in [1.807, 2.05) is 35.8 Å². The van der Waals surface area contributed by atoms with Gasteiger partial charge >= 0.3 is 0 Å². The Morgan fingerprint density at radius 1 is 1.38 bits per heavy atom. The van der Waals surface area contributed by atoms with Crippen LogP contribution in [0.5, 0.6) is 0 Å². The van der Waals surface area contributed by atoms with Gasteiger partial charge in [-0.3, -0.25) is 9.69 Å². The van der Waals surface area contributed by atoms with Gasteiger partial charge in [-0.2, -0.15) is 0 Å². The second-order valence-electron chi connectivity index (χ2n) is 5.94. The molecule has 6 nitrogen and oxygen atoms in total. The summed E-state index contributed by atoms with van der Waals surface area (Å²) in [6.45, 7) is 7.89. The lowest BCUT2D eigenvalue weighted by Gasteiger charge is -2.26. The van der Waals surface area contributed by atoms with E-state index in [-0.39, 0.29) is 5.91 Å². The van der Waals surface area contributed by atoms with E-state index in [2.05, 4.69) is 10.2 Å². The number of hydrogen-bond acceptors (Lipinski definition) is 4. The molecule has 0 aromatic carbocycles. The third-order valence-corrected chi connectivity index (χ3v) is 4.32. The summed E-state index contributed by atoms with van der Waals surface area (Å²) in [6.07, 6.45) is 6.61. The summed E-state index contributed by atoms with van der Waals surface area (Å²) in [5.41, 5.74) is 2.35. The Bertz CT molecular complexity index is 695. The highest BCUT2D eigenvalue weighted by Crippen LogP contribution is 2.21. The molecular formula is C18H25N3O3.